The molecule has 3 rings (SSSR count). The summed E-state index contributed by atoms with van der Waals surface area (Å²) in [6.45, 7) is -0.0919. The molecule has 3 aromatic rings. The first-order valence-corrected chi connectivity index (χ1v) is 9.30. The molecule has 31 heavy (non-hydrogen) atoms. The van der Waals surface area contributed by atoms with E-state index in [4.69, 9.17) is 21.6 Å². The largest absolute Gasteiger partial charge is 0.480 e. The van der Waals surface area contributed by atoms with E-state index in [9.17, 15) is 18.0 Å². The van der Waals surface area contributed by atoms with Crippen molar-refractivity contribution in [2.75, 3.05) is 7.11 Å². The molecule has 0 radical (unpaired) electrons. The fraction of sp³-hybridized carbons (Fsp3) is 0.250. The first kappa shape index (κ1) is 22.2. The smallest absolute Gasteiger partial charge is 0.433 e. The van der Waals surface area contributed by atoms with Crippen LogP contribution in [0.25, 0.3) is 0 Å². The van der Waals surface area contributed by atoms with Crippen LogP contribution in [0, 0.1) is 11.3 Å². The number of halogens is 4. The Bertz CT molecular complexity index is 1200. The number of methoxy groups -OCH3 is 1. The molecule has 2 heterocycles. The Morgan fingerprint density at radius 1 is 1.26 bits per heavy atom. The van der Waals surface area contributed by atoms with E-state index in [0.29, 0.717) is 11.1 Å². The van der Waals surface area contributed by atoms with Crippen LogP contribution in [0.2, 0.25) is 5.02 Å². The number of alkyl halides is 3. The van der Waals surface area contributed by atoms with Crippen molar-refractivity contribution in [1.82, 2.24) is 19.7 Å². The lowest BCUT2D eigenvalue weighted by Crippen LogP contribution is -2.30. The summed E-state index contributed by atoms with van der Waals surface area (Å²) in [6, 6.07) is 7.98. The van der Waals surface area contributed by atoms with Crippen molar-refractivity contribution in [2.45, 2.75) is 25.6 Å². The molecule has 0 aliphatic heterocycles. The summed E-state index contributed by atoms with van der Waals surface area (Å²) in [7, 11) is 1.37. The van der Waals surface area contributed by atoms with Crippen LogP contribution in [0.4, 0.5) is 13.2 Å². The normalized spacial score (nSPS) is 11.2. The lowest BCUT2D eigenvalue weighted by atomic mass is 10.0. The molecule has 0 fully saturated rings. The summed E-state index contributed by atoms with van der Waals surface area (Å²) in [5, 5.41) is 16.8. The van der Waals surface area contributed by atoms with Gasteiger partial charge in [-0.25, -0.2) is 4.98 Å². The number of rotatable bonds is 6. The standard InChI is InChI=1S/C20H15ClF3N5O2/c1-31-18-14(4-5-27-28-18)10-29-11-26-17(20(22,23)24)16(19(29)30)3-2-12-6-13(9-25)8-15(21)7-12/h4-8,11H,2-3,10H2,1H3. The maximum absolute atomic E-state index is 13.5. The zero-order valence-electron chi connectivity index (χ0n) is 16.1. The van der Waals surface area contributed by atoms with Gasteiger partial charge in [0.1, 0.15) is 0 Å². The highest BCUT2D eigenvalue weighted by Crippen LogP contribution is 2.29. The van der Waals surface area contributed by atoms with E-state index in [1.165, 1.54) is 31.5 Å². The quantitative estimate of drug-likeness (QED) is 0.572. The van der Waals surface area contributed by atoms with Gasteiger partial charge < -0.3 is 4.74 Å². The summed E-state index contributed by atoms with van der Waals surface area (Å²) in [5.41, 5.74) is -1.28. The van der Waals surface area contributed by atoms with Crippen LogP contribution in [0.3, 0.4) is 0 Å². The zero-order valence-corrected chi connectivity index (χ0v) is 16.9. The predicted molar refractivity (Wildman–Crippen MR) is 105 cm³/mol. The van der Waals surface area contributed by atoms with Crippen molar-refractivity contribution in [1.29, 1.82) is 5.26 Å². The van der Waals surface area contributed by atoms with Crippen LogP contribution in [0.1, 0.15) is 27.9 Å². The molecule has 0 atom stereocenters. The van der Waals surface area contributed by atoms with E-state index in [1.54, 1.807) is 6.07 Å². The highest BCUT2D eigenvalue weighted by molar-refractivity contribution is 6.30. The van der Waals surface area contributed by atoms with Gasteiger partial charge in [0, 0.05) is 16.1 Å². The average molecular weight is 450 g/mol. The fourth-order valence-corrected chi connectivity index (χ4v) is 3.32. The molecule has 160 valence electrons. The highest BCUT2D eigenvalue weighted by Gasteiger charge is 2.36. The van der Waals surface area contributed by atoms with Crippen LogP contribution in [-0.4, -0.2) is 26.9 Å². The maximum Gasteiger partial charge on any atom is 0.433 e. The van der Waals surface area contributed by atoms with Crippen molar-refractivity contribution in [3.05, 3.63) is 80.1 Å². The van der Waals surface area contributed by atoms with Gasteiger partial charge in [0.05, 0.1) is 37.8 Å². The van der Waals surface area contributed by atoms with Crippen molar-refractivity contribution in [3.8, 4) is 11.9 Å². The number of hydrogen-bond acceptors (Lipinski definition) is 6. The monoisotopic (exact) mass is 449 g/mol. The Labute approximate surface area is 179 Å². The number of ether oxygens (including phenoxy) is 1. The third kappa shape index (κ3) is 5.19. The maximum atomic E-state index is 13.5. The van der Waals surface area contributed by atoms with Crippen LogP contribution in [0.15, 0.2) is 41.6 Å². The molecule has 11 heteroatoms. The van der Waals surface area contributed by atoms with Crippen molar-refractivity contribution < 1.29 is 17.9 Å². The summed E-state index contributed by atoms with van der Waals surface area (Å²) >= 11 is 5.96. The van der Waals surface area contributed by atoms with E-state index in [2.05, 4.69) is 15.2 Å². The minimum absolute atomic E-state index is 0.0688. The van der Waals surface area contributed by atoms with Crippen LogP contribution in [0.5, 0.6) is 5.88 Å². The first-order chi connectivity index (χ1) is 14.7. The summed E-state index contributed by atoms with van der Waals surface area (Å²) in [6.07, 6.45) is -2.73. The number of aromatic nitrogens is 4. The lowest BCUT2D eigenvalue weighted by molar-refractivity contribution is -0.142. The van der Waals surface area contributed by atoms with E-state index < -0.39 is 23.0 Å². The highest BCUT2D eigenvalue weighted by atomic mass is 35.5. The van der Waals surface area contributed by atoms with E-state index >= 15 is 0 Å². The SMILES string of the molecule is COc1nnccc1Cn1cnc(C(F)(F)F)c(CCc2cc(Cl)cc(C#N)c2)c1=O. The predicted octanol–water partition coefficient (Wildman–Crippen LogP) is 3.42. The number of nitrogens with zero attached hydrogens (tertiary/aromatic N) is 5. The van der Waals surface area contributed by atoms with Gasteiger partial charge in [-0.05, 0) is 42.7 Å². The molecule has 0 N–H and O–H groups in total. The lowest BCUT2D eigenvalue weighted by Gasteiger charge is -2.15. The molecule has 0 amide bonds. The Balaban J connectivity index is 1.99. The molecule has 1 aromatic carbocycles. The number of aryl methyl sites for hydroxylation is 1. The number of hydrogen-bond donors (Lipinski definition) is 0. The van der Waals surface area contributed by atoms with E-state index in [-0.39, 0.29) is 35.9 Å². The Morgan fingerprint density at radius 2 is 2.03 bits per heavy atom. The molecule has 0 saturated carbocycles. The number of nitriles is 1. The molecule has 0 aliphatic carbocycles. The summed E-state index contributed by atoms with van der Waals surface area (Å²) in [4.78, 5) is 16.4. The van der Waals surface area contributed by atoms with Crippen molar-refractivity contribution in [3.63, 3.8) is 0 Å². The van der Waals surface area contributed by atoms with Crippen LogP contribution >= 0.6 is 11.6 Å². The topological polar surface area (TPSA) is 93.7 Å². The Kier molecular flexibility index (Phi) is 6.56. The van der Waals surface area contributed by atoms with Crippen molar-refractivity contribution >= 4 is 11.6 Å². The van der Waals surface area contributed by atoms with Crippen LogP contribution < -0.4 is 10.3 Å². The molecular formula is C20H15ClF3N5O2. The minimum atomic E-state index is -4.80. The third-order valence-electron chi connectivity index (χ3n) is 4.45. The van der Waals surface area contributed by atoms with E-state index in [1.807, 2.05) is 6.07 Å². The first-order valence-electron chi connectivity index (χ1n) is 8.92. The molecule has 7 nitrogen and oxygen atoms in total. The van der Waals surface area contributed by atoms with Crippen LogP contribution in [-0.2, 0) is 25.6 Å². The zero-order chi connectivity index (χ0) is 22.6. The van der Waals surface area contributed by atoms with E-state index in [0.717, 1.165) is 10.9 Å². The summed E-state index contributed by atoms with van der Waals surface area (Å²) < 4.78 is 46.6. The van der Waals surface area contributed by atoms with Gasteiger partial charge in [0.25, 0.3) is 5.56 Å². The molecular weight excluding hydrogens is 435 g/mol. The van der Waals surface area contributed by atoms with Gasteiger partial charge in [-0.3, -0.25) is 9.36 Å². The van der Waals surface area contributed by atoms with Gasteiger partial charge in [0.2, 0.25) is 5.88 Å². The Morgan fingerprint density at radius 3 is 2.71 bits per heavy atom. The molecule has 0 bridgehead atoms. The van der Waals surface area contributed by atoms with Gasteiger partial charge in [0.15, 0.2) is 5.69 Å². The van der Waals surface area contributed by atoms with Gasteiger partial charge in [-0.2, -0.15) is 23.5 Å². The molecule has 0 spiro atoms. The molecule has 0 unspecified atom stereocenters. The molecule has 0 saturated heterocycles. The second-order valence-corrected chi connectivity index (χ2v) is 6.96. The van der Waals surface area contributed by atoms with Gasteiger partial charge in [-0.15, -0.1) is 5.10 Å². The fourth-order valence-electron chi connectivity index (χ4n) is 3.06. The van der Waals surface area contributed by atoms with Gasteiger partial charge >= 0.3 is 6.18 Å². The second kappa shape index (κ2) is 9.14. The molecule has 0 aliphatic rings. The Hall–Kier alpha value is -3.45. The van der Waals surface area contributed by atoms with Crippen molar-refractivity contribution in [2.24, 2.45) is 0 Å². The minimum Gasteiger partial charge on any atom is -0.480 e. The number of benzene rings is 1. The summed E-state index contributed by atoms with van der Waals surface area (Å²) in [5.74, 6) is 0.152. The molecule has 2 aromatic heterocycles. The second-order valence-electron chi connectivity index (χ2n) is 6.53. The third-order valence-corrected chi connectivity index (χ3v) is 4.67. The van der Waals surface area contributed by atoms with Gasteiger partial charge in [-0.1, -0.05) is 11.6 Å². The average Bonchev–Trinajstić information content (AvgIpc) is 2.73.